The van der Waals surface area contributed by atoms with E-state index < -0.39 is 28.8 Å². The molecule has 0 aliphatic carbocycles. The molecule has 1 unspecified atom stereocenters. The van der Waals surface area contributed by atoms with Crippen LogP contribution >= 0.6 is 0 Å². The highest BCUT2D eigenvalue weighted by atomic mass is 16.5. The van der Waals surface area contributed by atoms with E-state index in [4.69, 9.17) is 8.83 Å². The number of Topliss-reactive ketones (excluding diaryl/α,β-unsaturated/α-hetero) is 1. The molecule has 2 heterocycles. The number of hydrogen-bond donors (Lipinski definition) is 2. The Balaban J connectivity index is 1.72. The molecule has 8 nitrogen and oxygen atoms in total. The van der Waals surface area contributed by atoms with Gasteiger partial charge in [-0.25, -0.2) is 9.59 Å². The zero-order valence-corrected chi connectivity index (χ0v) is 22.5. The van der Waals surface area contributed by atoms with Crippen LogP contribution in [-0.2, 0) is 11.2 Å². The molecule has 1 aromatic carbocycles. The van der Waals surface area contributed by atoms with Gasteiger partial charge in [-0.05, 0) is 62.3 Å². The number of nitrogens with one attached hydrogen (secondary N) is 1. The van der Waals surface area contributed by atoms with Gasteiger partial charge in [-0.1, -0.05) is 39.0 Å². The molecule has 38 heavy (non-hydrogen) atoms. The van der Waals surface area contributed by atoms with Gasteiger partial charge in [0.15, 0.2) is 5.78 Å². The van der Waals surface area contributed by atoms with Crippen molar-refractivity contribution in [1.29, 1.82) is 0 Å². The molecule has 1 atom stereocenters. The molecular weight excluding hydrogens is 486 g/mol. The zero-order chi connectivity index (χ0) is 27.8. The SMILES string of the molecule is COC(=O)N/C=C/CCC(C)c1cc(O)c(C(=O)C(C)=Cc2cc3ccc(CCC(C)C)cc3o2)c(=O)o1. The smallest absolute Gasteiger partial charge is 0.410 e. The fraction of sp³-hybridized carbons (Fsp3) is 0.367. The van der Waals surface area contributed by atoms with Crippen LogP contribution in [0.4, 0.5) is 4.79 Å². The van der Waals surface area contributed by atoms with Crippen LogP contribution in [0.3, 0.4) is 0 Å². The summed E-state index contributed by atoms with van der Waals surface area (Å²) in [5.74, 6) is 0.0905. The molecule has 0 spiro atoms. The second-order valence-corrected chi connectivity index (χ2v) is 9.82. The van der Waals surface area contributed by atoms with E-state index in [1.54, 1.807) is 19.1 Å². The van der Waals surface area contributed by atoms with Gasteiger partial charge in [-0.15, -0.1) is 0 Å². The molecule has 0 radical (unpaired) electrons. The van der Waals surface area contributed by atoms with Gasteiger partial charge in [0.1, 0.15) is 28.4 Å². The predicted molar refractivity (Wildman–Crippen MR) is 146 cm³/mol. The minimum atomic E-state index is -0.896. The Kier molecular flexibility index (Phi) is 9.71. The second-order valence-electron chi connectivity index (χ2n) is 9.82. The highest BCUT2D eigenvalue weighted by Gasteiger charge is 2.22. The summed E-state index contributed by atoms with van der Waals surface area (Å²) >= 11 is 0. The molecule has 0 saturated heterocycles. The topological polar surface area (TPSA) is 119 Å². The van der Waals surface area contributed by atoms with E-state index in [2.05, 4.69) is 30.0 Å². The van der Waals surface area contributed by atoms with Crippen LogP contribution in [0, 0.1) is 5.92 Å². The Bertz CT molecular complexity index is 1410. The Labute approximate surface area is 222 Å². The number of allylic oxidation sites excluding steroid dienone is 2. The van der Waals surface area contributed by atoms with Crippen molar-refractivity contribution in [2.75, 3.05) is 7.11 Å². The lowest BCUT2D eigenvalue weighted by molar-refractivity contribution is 0.102. The van der Waals surface area contributed by atoms with Gasteiger partial charge in [-0.2, -0.15) is 0 Å². The maximum atomic E-state index is 13.0. The van der Waals surface area contributed by atoms with Gasteiger partial charge in [-0.3, -0.25) is 10.1 Å². The van der Waals surface area contributed by atoms with Gasteiger partial charge >= 0.3 is 11.7 Å². The monoisotopic (exact) mass is 521 g/mol. The van der Waals surface area contributed by atoms with Crippen molar-refractivity contribution >= 4 is 28.9 Å². The van der Waals surface area contributed by atoms with E-state index in [1.807, 2.05) is 25.1 Å². The van der Waals surface area contributed by atoms with Gasteiger partial charge in [0, 0.05) is 29.1 Å². The molecule has 3 aromatic rings. The first-order valence-corrected chi connectivity index (χ1v) is 12.7. The first kappa shape index (κ1) is 28.5. The Hall–Kier alpha value is -4.07. The number of ketones is 1. The number of alkyl carbamates (subject to hydrolysis) is 1. The number of ether oxygens (including phenoxy) is 1. The average molecular weight is 522 g/mol. The van der Waals surface area contributed by atoms with Crippen molar-refractivity contribution in [2.45, 2.75) is 59.3 Å². The summed E-state index contributed by atoms with van der Waals surface area (Å²) < 4.78 is 15.8. The van der Waals surface area contributed by atoms with Crippen LogP contribution in [0.2, 0.25) is 0 Å². The van der Waals surface area contributed by atoms with Gasteiger partial charge in [0.25, 0.3) is 0 Å². The molecule has 202 valence electrons. The quantitative estimate of drug-likeness (QED) is 0.212. The molecule has 1 amide bonds. The summed E-state index contributed by atoms with van der Waals surface area (Å²) in [5.41, 5.74) is 0.843. The predicted octanol–water partition coefficient (Wildman–Crippen LogP) is 6.72. The third kappa shape index (κ3) is 7.47. The number of aryl methyl sites for hydroxylation is 1. The van der Waals surface area contributed by atoms with Crippen molar-refractivity contribution in [1.82, 2.24) is 5.32 Å². The van der Waals surface area contributed by atoms with Crippen molar-refractivity contribution in [3.8, 4) is 5.75 Å². The van der Waals surface area contributed by atoms with Crippen molar-refractivity contribution in [2.24, 2.45) is 5.92 Å². The minimum absolute atomic E-state index is 0.210. The number of rotatable bonds is 11. The maximum Gasteiger partial charge on any atom is 0.410 e. The summed E-state index contributed by atoms with van der Waals surface area (Å²) in [6, 6.07) is 9.23. The molecule has 3 rings (SSSR count). The lowest BCUT2D eigenvalue weighted by Crippen LogP contribution is -2.16. The van der Waals surface area contributed by atoms with E-state index >= 15 is 0 Å². The van der Waals surface area contributed by atoms with E-state index in [0.29, 0.717) is 24.5 Å². The first-order chi connectivity index (χ1) is 18.1. The van der Waals surface area contributed by atoms with Crippen LogP contribution in [0.25, 0.3) is 17.0 Å². The molecule has 0 aliphatic heterocycles. The molecular formula is C30H35NO7. The van der Waals surface area contributed by atoms with Crippen molar-refractivity contribution in [3.05, 3.63) is 81.2 Å². The molecule has 0 bridgehead atoms. The molecule has 8 heteroatoms. The number of carbonyl (C=O) groups is 2. The number of hydrogen-bond acceptors (Lipinski definition) is 7. The molecule has 0 saturated carbocycles. The highest BCUT2D eigenvalue weighted by Crippen LogP contribution is 2.27. The fourth-order valence-electron chi connectivity index (χ4n) is 3.96. The third-order valence-corrected chi connectivity index (χ3v) is 6.26. The summed E-state index contributed by atoms with van der Waals surface area (Å²) in [5, 5.41) is 13.9. The summed E-state index contributed by atoms with van der Waals surface area (Å²) in [6.45, 7) is 7.78. The number of furan rings is 1. The van der Waals surface area contributed by atoms with Crippen molar-refractivity contribution < 1.29 is 28.3 Å². The number of methoxy groups -OCH3 is 1. The third-order valence-electron chi connectivity index (χ3n) is 6.26. The maximum absolute atomic E-state index is 13.0. The van der Waals surface area contributed by atoms with E-state index in [1.165, 1.54) is 24.9 Å². The largest absolute Gasteiger partial charge is 0.507 e. The molecule has 2 aromatic heterocycles. The van der Waals surface area contributed by atoms with Crippen LogP contribution in [0.15, 0.2) is 61.8 Å². The number of benzene rings is 1. The van der Waals surface area contributed by atoms with Crippen LogP contribution in [0.5, 0.6) is 5.75 Å². The van der Waals surface area contributed by atoms with Gasteiger partial charge in [0.05, 0.1) is 7.11 Å². The standard InChI is InChI=1S/C30H35NO7/c1-18(2)9-10-21-11-12-22-16-23(37-26(22)15-21)14-20(4)28(33)27-24(32)17-25(38-29(27)34)19(3)8-6-7-13-31-30(35)36-5/h7,11-19,32H,6,8-10H2,1-5H3,(H,31,35)/b13-7+,20-14?. The van der Waals surface area contributed by atoms with Gasteiger partial charge < -0.3 is 18.7 Å². The number of carbonyl (C=O) groups excluding carboxylic acids is 2. The Morgan fingerprint density at radius 3 is 2.55 bits per heavy atom. The van der Waals surface area contributed by atoms with Crippen LogP contribution < -0.4 is 10.9 Å². The van der Waals surface area contributed by atoms with E-state index in [9.17, 15) is 19.5 Å². The molecule has 2 N–H and O–H groups in total. The Morgan fingerprint density at radius 2 is 1.87 bits per heavy atom. The lowest BCUT2D eigenvalue weighted by atomic mass is 9.99. The van der Waals surface area contributed by atoms with Gasteiger partial charge in [0.2, 0.25) is 0 Å². The average Bonchev–Trinajstić information content (AvgIpc) is 3.27. The number of fused-ring (bicyclic) bond motifs is 1. The van der Waals surface area contributed by atoms with Crippen LogP contribution in [0.1, 0.15) is 80.3 Å². The number of aromatic hydroxyl groups is 1. The Morgan fingerprint density at radius 1 is 1.11 bits per heavy atom. The highest BCUT2D eigenvalue weighted by molar-refractivity contribution is 6.12. The minimum Gasteiger partial charge on any atom is -0.507 e. The van der Waals surface area contributed by atoms with Crippen molar-refractivity contribution in [3.63, 3.8) is 0 Å². The zero-order valence-electron chi connectivity index (χ0n) is 22.5. The normalized spacial score (nSPS) is 12.8. The second kappa shape index (κ2) is 12.9. The van der Waals surface area contributed by atoms with E-state index in [0.717, 1.165) is 23.8 Å². The summed E-state index contributed by atoms with van der Waals surface area (Å²) in [4.78, 5) is 36.7. The lowest BCUT2D eigenvalue weighted by Gasteiger charge is -2.11. The number of amides is 1. The summed E-state index contributed by atoms with van der Waals surface area (Å²) in [7, 11) is 1.27. The summed E-state index contributed by atoms with van der Waals surface area (Å²) in [6.07, 6.45) is 7.40. The fourth-order valence-corrected chi connectivity index (χ4v) is 3.96. The molecule has 0 aliphatic rings. The van der Waals surface area contributed by atoms with E-state index in [-0.39, 0.29) is 17.3 Å². The van der Waals surface area contributed by atoms with Crippen LogP contribution in [-0.4, -0.2) is 24.1 Å². The molecule has 0 fully saturated rings. The first-order valence-electron chi connectivity index (χ1n) is 12.7.